The molecule has 8 heteroatoms. The van der Waals surface area contributed by atoms with E-state index in [1.807, 2.05) is 12.1 Å². The van der Waals surface area contributed by atoms with E-state index < -0.39 is 12.1 Å². The zero-order valence-corrected chi connectivity index (χ0v) is 17.1. The number of carboxylic acid groups (broad SMARTS) is 1. The Bertz CT molecular complexity index is 770. The van der Waals surface area contributed by atoms with E-state index >= 15 is 0 Å². The minimum absolute atomic E-state index is 0.0635. The number of benzene rings is 2. The average molecular weight is 487 g/mol. The van der Waals surface area contributed by atoms with Crippen LogP contribution in [0.5, 0.6) is 11.5 Å². The van der Waals surface area contributed by atoms with Crippen LogP contribution in [0, 0.1) is 0 Å². The molecule has 1 amide bonds. The first-order valence-electron chi connectivity index (χ1n) is 7.80. The largest absolute Gasteiger partial charge is 0.481 e. The fourth-order valence-corrected chi connectivity index (χ4v) is 3.56. The van der Waals surface area contributed by atoms with Crippen molar-refractivity contribution in [3.05, 3.63) is 50.9 Å². The molecule has 0 aliphatic rings. The molecule has 0 unspecified atom stereocenters. The molecule has 0 aliphatic carbocycles. The number of anilines is 1. The Hall–Kier alpha value is -2.06. The molecular formula is C18H17Br2NO5. The molecule has 0 heterocycles. The molecule has 0 spiro atoms. The molecule has 0 saturated carbocycles. The van der Waals surface area contributed by atoms with Gasteiger partial charge in [0.25, 0.3) is 0 Å². The van der Waals surface area contributed by atoms with Gasteiger partial charge in [-0.15, -0.1) is 0 Å². The third-order valence-corrected chi connectivity index (χ3v) is 4.46. The number of aryl methyl sites for hydroxylation is 1. The highest BCUT2D eigenvalue weighted by molar-refractivity contribution is 9.11. The van der Waals surface area contributed by atoms with Crippen LogP contribution in [-0.4, -0.2) is 23.8 Å². The maximum Gasteiger partial charge on any atom is 0.411 e. The fraction of sp³-hybridized carbons (Fsp3) is 0.222. The Morgan fingerprint density at radius 1 is 1.12 bits per heavy atom. The van der Waals surface area contributed by atoms with Crippen molar-refractivity contribution in [1.82, 2.24) is 0 Å². The van der Waals surface area contributed by atoms with Crippen molar-refractivity contribution < 1.29 is 24.2 Å². The summed E-state index contributed by atoms with van der Waals surface area (Å²) in [4.78, 5) is 22.1. The number of nitrogens with one attached hydrogen (secondary N) is 1. The Morgan fingerprint density at radius 3 is 2.27 bits per heavy atom. The van der Waals surface area contributed by atoms with E-state index in [2.05, 4.69) is 37.2 Å². The van der Waals surface area contributed by atoms with Gasteiger partial charge in [0.1, 0.15) is 5.75 Å². The number of halogens is 2. The van der Waals surface area contributed by atoms with Gasteiger partial charge in [-0.2, -0.15) is 0 Å². The normalized spacial score (nSPS) is 10.3. The highest BCUT2D eigenvalue weighted by Crippen LogP contribution is 2.38. The third kappa shape index (κ3) is 6.03. The van der Waals surface area contributed by atoms with Gasteiger partial charge in [0.05, 0.1) is 15.6 Å². The second kappa shape index (κ2) is 9.59. The van der Waals surface area contributed by atoms with Crippen molar-refractivity contribution in [3.8, 4) is 11.5 Å². The zero-order valence-electron chi connectivity index (χ0n) is 13.9. The number of aliphatic carboxylic acids is 1. The van der Waals surface area contributed by atoms with Crippen LogP contribution < -0.4 is 10.1 Å². The van der Waals surface area contributed by atoms with E-state index in [1.54, 1.807) is 31.2 Å². The van der Waals surface area contributed by atoms with Crippen molar-refractivity contribution in [2.24, 2.45) is 0 Å². The van der Waals surface area contributed by atoms with Crippen molar-refractivity contribution >= 4 is 49.6 Å². The van der Waals surface area contributed by atoms with Gasteiger partial charge in [0, 0.05) is 12.1 Å². The minimum atomic E-state index is -0.839. The lowest BCUT2D eigenvalue weighted by Gasteiger charge is -2.12. The lowest BCUT2D eigenvalue weighted by molar-refractivity contribution is -0.136. The van der Waals surface area contributed by atoms with Gasteiger partial charge in [-0.25, -0.2) is 4.79 Å². The first-order chi connectivity index (χ1) is 12.4. The highest BCUT2D eigenvalue weighted by atomic mass is 79.9. The Labute approximate surface area is 167 Å². The van der Waals surface area contributed by atoms with Gasteiger partial charge in [-0.1, -0.05) is 0 Å². The summed E-state index contributed by atoms with van der Waals surface area (Å²) in [5, 5.41) is 11.4. The van der Waals surface area contributed by atoms with E-state index in [4.69, 9.17) is 14.6 Å². The molecule has 0 aromatic heterocycles. The molecule has 138 valence electrons. The van der Waals surface area contributed by atoms with Crippen LogP contribution in [0.1, 0.15) is 18.9 Å². The Balaban J connectivity index is 2.08. The van der Waals surface area contributed by atoms with Crippen molar-refractivity contribution in [2.45, 2.75) is 19.8 Å². The van der Waals surface area contributed by atoms with Gasteiger partial charge in [0.15, 0.2) is 5.75 Å². The van der Waals surface area contributed by atoms with Gasteiger partial charge in [0.2, 0.25) is 0 Å². The molecule has 2 aromatic rings. The average Bonchev–Trinajstić information content (AvgIpc) is 2.58. The van der Waals surface area contributed by atoms with E-state index in [9.17, 15) is 9.59 Å². The smallest absolute Gasteiger partial charge is 0.411 e. The number of ether oxygens (including phenoxy) is 2. The van der Waals surface area contributed by atoms with Crippen LogP contribution >= 0.6 is 31.9 Å². The summed E-state index contributed by atoms with van der Waals surface area (Å²) in [6.45, 7) is 2.04. The monoisotopic (exact) mass is 485 g/mol. The second-order valence-corrected chi connectivity index (χ2v) is 6.96. The molecule has 0 atom stereocenters. The third-order valence-electron chi connectivity index (χ3n) is 3.28. The van der Waals surface area contributed by atoms with Crippen LogP contribution in [0.4, 0.5) is 10.5 Å². The predicted molar refractivity (Wildman–Crippen MR) is 105 cm³/mol. The summed E-state index contributed by atoms with van der Waals surface area (Å²) in [5.41, 5.74) is 1.48. The molecule has 6 nitrogen and oxygen atoms in total. The molecule has 0 fully saturated rings. The van der Waals surface area contributed by atoms with E-state index in [0.29, 0.717) is 39.2 Å². The molecule has 0 bridgehead atoms. The molecule has 0 aliphatic heterocycles. The molecule has 2 aromatic carbocycles. The predicted octanol–water partition coefficient (Wildman–Crippen LogP) is 5.59. The maximum atomic E-state index is 11.4. The summed E-state index contributed by atoms with van der Waals surface area (Å²) in [6, 6.07) is 10.5. The van der Waals surface area contributed by atoms with E-state index in [-0.39, 0.29) is 6.42 Å². The number of amides is 1. The number of rotatable bonds is 7. The molecule has 26 heavy (non-hydrogen) atoms. The van der Waals surface area contributed by atoms with Crippen LogP contribution in [0.25, 0.3) is 0 Å². The zero-order chi connectivity index (χ0) is 19.1. The first-order valence-corrected chi connectivity index (χ1v) is 9.39. The minimum Gasteiger partial charge on any atom is -0.481 e. The molecular weight excluding hydrogens is 470 g/mol. The second-order valence-electron chi connectivity index (χ2n) is 5.25. The number of carboxylic acids is 1. The summed E-state index contributed by atoms with van der Waals surface area (Å²) >= 11 is 6.90. The standard InChI is InChI=1S/C18H17Br2NO5/c1-2-25-18(24)21-12-4-6-13(7-5-12)26-17-14(19)9-11(10-15(17)20)3-8-16(22)23/h4-7,9-10H,2-3,8H2,1H3,(H,21,24)(H,22,23). The fourth-order valence-electron chi connectivity index (χ4n) is 2.11. The summed E-state index contributed by atoms with van der Waals surface area (Å²) < 4.78 is 12.1. The van der Waals surface area contributed by atoms with Gasteiger partial charge in [-0.3, -0.25) is 10.1 Å². The number of hydrogen-bond acceptors (Lipinski definition) is 4. The lowest BCUT2D eigenvalue weighted by atomic mass is 10.1. The van der Waals surface area contributed by atoms with Crippen molar-refractivity contribution in [3.63, 3.8) is 0 Å². The lowest BCUT2D eigenvalue weighted by Crippen LogP contribution is -2.12. The van der Waals surface area contributed by atoms with Crippen LogP contribution in [0.2, 0.25) is 0 Å². The first kappa shape index (κ1) is 20.3. The SMILES string of the molecule is CCOC(=O)Nc1ccc(Oc2c(Br)cc(CCC(=O)O)cc2Br)cc1. The summed E-state index contributed by atoms with van der Waals surface area (Å²) in [7, 11) is 0. The Morgan fingerprint density at radius 2 is 1.73 bits per heavy atom. The topological polar surface area (TPSA) is 84.9 Å². The van der Waals surface area contributed by atoms with Gasteiger partial charge >= 0.3 is 12.1 Å². The van der Waals surface area contributed by atoms with Gasteiger partial charge < -0.3 is 14.6 Å². The van der Waals surface area contributed by atoms with Crippen LogP contribution in [0.15, 0.2) is 45.3 Å². The molecule has 0 saturated heterocycles. The molecule has 2 rings (SSSR count). The van der Waals surface area contributed by atoms with Crippen molar-refractivity contribution in [1.29, 1.82) is 0 Å². The Kier molecular flexibility index (Phi) is 7.47. The highest BCUT2D eigenvalue weighted by Gasteiger charge is 2.11. The summed E-state index contributed by atoms with van der Waals surface area (Å²) in [5.74, 6) is 0.323. The number of carbonyl (C=O) groups excluding carboxylic acids is 1. The molecule has 2 N–H and O–H groups in total. The number of hydrogen-bond donors (Lipinski definition) is 2. The molecule has 0 radical (unpaired) electrons. The van der Waals surface area contributed by atoms with E-state index in [0.717, 1.165) is 5.56 Å². The van der Waals surface area contributed by atoms with Crippen molar-refractivity contribution in [2.75, 3.05) is 11.9 Å². The summed E-state index contributed by atoms with van der Waals surface area (Å²) in [6.07, 6.45) is -0.0155. The van der Waals surface area contributed by atoms with Crippen LogP contribution in [-0.2, 0) is 16.0 Å². The maximum absolute atomic E-state index is 11.4. The van der Waals surface area contributed by atoms with E-state index in [1.165, 1.54) is 0 Å². The van der Waals surface area contributed by atoms with Gasteiger partial charge in [-0.05, 0) is 87.2 Å². The number of carbonyl (C=O) groups is 2. The quantitative estimate of drug-likeness (QED) is 0.532. The van der Waals surface area contributed by atoms with Crippen LogP contribution in [0.3, 0.4) is 0 Å².